The Morgan fingerprint density at radius 2 is 1.04 bits per heavy atom. The number of unbranched alkanes of at least 4 members (excludes halogenated alkanes) is 2. The summed E-state index contributed by atoms with van der Waals surface area (Å²) >= 11 is 12.3. The van der Waals surface area contributed by atoms with Gasteiger partial charge in [-0.3, -0.25) is 0 Å². The van der Waals surface area contributed by atoms with Gasteiger partial charge in [-0.25, -0.2) is 0 Å². The van der Waals surface area contributed by atoms with Gasteiger partial charge < -0.3 is 10.6 Å². The molecule has 2 nitrogen and oxygen atoms in total. The molecule has 0 heterocycles. The summed E-state index contributed by atoms with van der Waals surface area (Å²) in [5, 5.41) is 8.56. The fraction of sp³-hybridized carbons (Fsp3) is 0.368. The number of rotatable bonds is 10. The summed E-state index contributed by atoms with van der Waals surface area (Å²) in [5.74, 6) is 0. The van der Waals surface area contributed by atoms with E-state index in [1.165, 1.54) is 19.3 Å². The topological polar surface area (TPSA) is 24.1 Å². The van der Waals surface area contributed by atoms with Crippen LogP contribution in [0.15, 0.2) is 48.5 Å². The van der Waals surface area contributed by atoms with E-state index in [1.807, 2.05) is 36.4 Å². The van der Waals surface area contributed by atoms with Crippen LogP contribution >= 0.6 is 23.2 Å². The van der Waals surface area contributed by atoms with Crippen LogP contribution in [0.2, 0.25) is 10.0 Å². The van der Waals surface area contributed by atoms with Gasteiger partial charge in [0.15, 0.2) is 0 Å². The molecule has 2 N–H and O–H groups in total. The van der Waals surface area contributed by atoms with E-state index in [1.54, 1.807) is 0 Å². The lowest BCUT2D eigenvalue weighted by atomic mass is 10.2. The van der Waals surface area contributed by atoms with E-state index >= 15 is 0 Å². The molecule has 4 heteroatoms. The average Bonchev–Trinajstić information content (AvgIpc) is 2.56. The fourth-order valence-electron chi connectivity index (χ4n) is 2.41. The molecule has 2 aromatic rings. The molecule has 23 heavy (non-hydrogen) atoms. The number of nitrogens with one attached hydrogen (secondary N) is 2. The van der Waals surface area contributed by atoms with E-state index in [2.05, 4.69) is 22.8 Å². The second-order valence-corrected chi connectivity index (χ2v) is 6.41. The van der Waals surface area contributed by atoms with Crippen LogP contribution in [0, 0.1) is 0 Å². The summed E-state index contributed by atoms with van der Waals surface area (Å²) in [6, 6.07) is 16.0. The van der Waals surface area contributed by atoms with Crippen LogP contribution in [0.4, 0.5) is 0 Å². The highest BCUT2D eigenvalue weighted by Gasteiger charge is 1.99. The average molecular weight is 351 g/mol. The van der Waals surface area contributed by atoms with Crippen LogP contribution in [0.3, 0.4) is 0 Å². The second kappa shape index (κ2) is 10.7. The number of halogens is 2. The van der Waals surface area contributed by atoms with E-state index in [0.717, 1.165) is 47.4 Å². The van der Waals surface area contributed by atoms with E-state index in [9.17, 15) is 0 Å². The Kier molecular flexibility index (Phi) is 8.48. The first-order chi connectivity index (χ1) is 11.3. The highest BCUT2D eigenvalue weighted by atomic mass is 35.5. The Hall–Kier alpha value is -1.06. The molecule has 0 unspecified atom stereocenters. The molecule has 0 aliphatic carbocycles. The van der Waals surface area contributed by atoms with Crippen molar-refractivity contribution in [1.29, 1.82) is 0 Å². The Morgan fingerprint density at radius 3 is 1.48 bits per heavy atom. The molecule has 0 radical (unpaired) electrons. The maximum atomic E-state index is 6.13. The molecule has 0 atom stereocenters. The molecule has 2 aromatic carbocycles. The molecule has 124 valence electrons. The smallest absolute Gasteiger partial charge is 0.0450 e. The third-order valence-corrected chi connectivity index (χ3v) is 4.49. The van der Waals surface area contributed by atoms with Gasteiger partial charge in [0.2, 0.25) is 0 Å². The van der Waals surface area contributed by atoms with Crippen LogP contribution in [-0.2, 0) is 13.1 Å². The Bertz CT molecular complexity index is 536. The molecular weight excluding hydrogens is 327 g/mol. The van der Waals surface area contributed by atoms with Crippen molar-refractivity contribution in [3.63, 3.8) is 0 Å². The van der Waals surface area contributed by atoms with Crippen LogP contribution in [0.25, 0.3) is 0 Å². The predicted octanol–water partition coefficient (Wildman–Crippen LogP) is 5.04. The molecule has 0 aliphatic rings. The molecule has 0 bridgehead atoms. The minimum atomic E-state index is 0.837. The Balaban J connectivity index is 1.47. The van der Waals surface area contributed by atoms with Gasteiger partial charge in [-0.2, -0.15) is 0 Å². The molecular formula is C19H24Cl2N2. The van der Waals surface area contributed by atoms with Gasteiger partial charge >= 0.3 is 0 Å². The monoisotopic (exact) mass is 350 g/mol. The maximum absolute atomic E-state index is 6.13. The normalized spacial score (nSPS) is 10.9. The van der Waals surface area contributed by atoms with Gasteiger partial charge in [0, 0.05) is 23.1 Å². The van der Waals surface area contributed by atoms with Crippen molar-refractivity contribution in [1.82, 2.24) is 10.6 Å². The van der Waals surface area contributed by atoms with Gasteiger partial charge in [-0.05, 0) is 49.2 Å². The van der Waals surface area contributed by atoms with E-state index in [4.69, 9.17) is 23.2 Å². The zero-order valence-electron chi connectivity index (χ0n) is 13.3. The summed E-state index contributed by atoms with van der Waals surface area (Å²) in [4.78, 5) is 0. The predicted molar refractivity (Wildman–Crippen MR) is 100 cm³/mol. The molecule has 0 amide bonds. The highest BCUT2D eigenvalue weighted by molar-refractivity contribution is 6.31. The van der Waals surface area contributed by atoms with Crippen LogP contribution in [-0.4, -0.2) is 13.1 Å². The third-order valence-electron chi connectivity index (χ3n) is 3.75. The Morgan fingerprint density at radius 1 is 0.609 bits per heavy atom. The molecule has 0 aliphatic heterocycles. The minimum absolute atomic E-state index is 0.837. The summed E-state index contributed by atoms with van der Waals surface area (Å²) in [6.45, 7) is 3.72. The number of benzene rings is 2. The Labute approximate surface area is 149 Å². The minimum Gasteiger partial charge on any atom is -0.313 e. The van der Waals surface area contributed by atoms with Crippen LogP contribution < -0.4 is 10.6 Å². The molecule has 2 rings (SSSR count). The summed E-state index contributed by atoms with van der Waals surface area (Å²) in [7, 11) is 0. The van der Waals surface area contributed by atoms with Crippen molar-refractivity contribution in [3.05, 3.63) is 69.7 Å². The van der Waals surface area contributed by atoms with Crippen molar-refractivity contribution in [3.8, 4) is 0 Å². The summed E-state index contributed by atoms with van der Waals surface area (Å²) in [6.07, 6.45) is 3.57. The lowest BCUT2D eigenvalue weighted by Gasteiger charge is -2.08. The first kappa shape index (κ1) is 18.3. The van der Waals surface area contributed by atoms with Gasteiger partial charge in [0.1, 0.15) is 0 Å². The van der Waals surface area contributed by atoms with Crippen LogP contribution in [0.1, 0.15) is 30.4 Å². The van der Waals surface area contributed by atoms with E-state index in [0.29, 0.717) is 0 Å². The zero-order valence-corrected chi connectivity index (χ0v) is 14.8. The van der Waals surface area contributed by atoms with E-state index < -0.39 is 0 Å². The van der Waals surface area contributed by atoms with Gasteiger partial charge in [-0.15, -0.1) is 0 Å². The van der Waals surface area contributed by atoms with Gasteiger partial charge in [-0.1, -0.05) is 66.0 Å². The van der Waals surface area contributed by atoms with Crippen molar-refractivity contribution < 1.29 is 0 Å². The highest BCUT2D eigenvalue weighted by Crippen LogP contribution is 2.15. The molecule has 0 spiro atoms. The van der Waals surface area contributed by atoms with Crippen LogP contribution in [0.5, 0.6) is 0 Å². The number of hydrogen-bond acceptors (Lipinski definition) is 2. The van der Waals surface area contributed by atoms with E-state index in [-0.39, 0.29) is 0 Å². The molecule has 0 saturated heterocycles. The third kappa shape index (κ3) is 6.92. The standard InChI is InChI=1S/C19H24Cl2N2/c20-18-10-4-2-8-16(18)14-22-12-6-1-7-13-23-15-17-9-3-5-11-19(17)21/h2-5,8-11,22-23H,1,6-7,12-15H2. The van der Waals surface area contributed by atoms with Crippen molar-refractivity contribution >= 4 is 23.2 Å². The lowest BCUT2D eigenvalue weighted by molar-refractivity contribution is 0.572. The largest absolute Gasteiger partial charge is 0.313 e. The van der Waals surface area contributed by atoms with Crippen molar-refractivity contribution in [2.75, 3.05) is 13.1 Å². The second-order valence-electron chi connectivity index (χ2n) is 5.60. The van der Waals surface area contributed by atoms with Gasteiger partial charge in [0.05, 0.1) is 0 Å². The first-order valence-corrected chi connectivity index (χ1v) is 8.91. The maximum Gasteiger partial charge on any atom is 0.0450 e. The lowest BCUT2D eigenvalue weighted by Crippen LogP contribution is -2.17. The summed E-state index contributed by atoms with van der Waals surface area (Å²) in [5.41, 5.74) is 2.33. The quantitative estimate of drug-likeness (QED) is 0.586. The fourth-order valence-corrected chi connectivity index (χ4v) is 2.81. The SMILES string of the molecule is Clc1ccccc1CNCCCCCNCc1ccccc1Cl. The zero-order chi connectivity index (χ0) is 16.3. The van der Waals surface area contributed by atoms with Crippen molar-refractivity contribution in [2.45, 2.75) is 32.4 Å². The molecule has 0 saturated carbocycles. The molecule has 0 aromatic heterocycles. The first-order valence-electron chi connectivity index (χ1n) is 8.15. The molecule has 0 fully saturated rings. The number of hydrogen-bond donors (Lipinski definition) is 2. The van der Waals surface area contributed by atoms with Gasteiger partial charge in [0.25, 0.3) is 0 Å². The summed E-state index contributed by atoms with van der Waals surface area (Å²) < 4.78 is 0. The van der Waals surface area contributed by atoms with Crippen molar-refractivity contribution in [2.24, 2.45) is 0 Å².